The fourth-order valence-corrected chi connectivity index (χ4v) is 3.79. The Morgan fingerprint density at radius 3 is 2.77 bits per heavy atom. The Labute approximate surface area is 179 Å². The van der Waals surface area contributed by atoms with Gasteiger partial charge >= 0.3 is 0 Å². The molecule has 0 fully saturated rings. The van der Waals surface area contributed by atoms with Crippen molar-refractivity contribution in [2.45, 2.75) is 39.7 Å². The average molecular weight is 423 g/mol. The molecule has 0 saturated heterocycles. The highest BCUT2D eigenvalue weighted by atomic mass is 35.5. The van der Waals surface area contributed by atoms with Gasteiger partial charge in [-0.25, -0.2) is 9.67 Å². The number of carbonyl (C=O) groups excluding carboxylic acids is 1. The van der Waals surface area contributed by atoms with Crippen LogP contribution in [0, 0.1) is 13.8 Å². The molecule has 4 aromatic rings. The van der Waals surface area contributed by atoms with Crippen molar-refractivity contribution in [3.05, 3.63) is 76.5 Å². The minimum atomic E-state index is -0.140. The number of benzene rings is 1. The van der Waals surface area contributed by atoms with E-state index in [-0.39, 0.29) is 11.9 Å². The van der Waals surface area contributed by atoms with Crippen molar-refractivity contribution in [3.8, 4) is 5.69 Å². The number of rotatable bonds is 6. The molecule has 6 nitrogen and oxygen atoms in total. The van der Waals surface area contributed by atoms with Gasteiger partial charge in [0.05, 0.1) is 33.6 Å². The molecular weight excluding hydrogens is 400 g/mol. The van der Waals surface area contributed by atoms with Crippen molar-refractivity contribution in [2.75, 3.05) is 0 Å². The molecule has 0 aliphatic rings. The van der Waals surface area contributed by atoms with E-state index in [4.69, 9.17) is 16.0 Å². The number of para-hydroxylation sites is 1. The Morgan fingerprint density at radius 2 is 2.03 bits per heavy atom. The Morgan fingerprint density at radius 1 is 1.23 bits per heavy atom. The van der Waals surface area contributed by atoms with Crippen molar-refractivity contribution in [1.29, 1.82) is 0 Å². The highest BCUT2D eigenvalue weighted by Crippen LogP contribution is 2.28. The molecule has 3 heterocycles. The van der Waals surface area contributed by atoms with E-state index in [2.05, 4.69) is 15.4 Å². The molecule has 0 aliphatic carbocycles. The lowest BCUT2D eigenvalue weighted by Gasteiger charge is -2.14. The molecule has 0 saturated carbocycles. The lowest BCUT2D eigenvalue weighted by molar-refractivity contribution is 0.0939. The molecule has 7 heteroatoms. The van der Waals surface area contributed by atoms with Gasteiger partial charge in [-0.2, -0.15) is 5.10 Å². The molecule has 0 unspecified atom stereocenters. The standard InChI is InChI=1S/C23H23ClN4O2/c1-14(10-11-17-7-6-12-30-17)26-23(29)18-13-15(2)25-22-21(18)16(3)27-28(22)20-9-5-4-8-19(20)24/h4-9,12-14H,10-11H2,1-3H3,(H,26,29)/t14-/m0/s1. The van der Waals surface area contributed by atoms with E-state index in [1.807, 2.05) is 63.2 Å². The molecule has 0 radical (unpaired) electrons. The van der Waals surface area contributed by atoms with Crippen LogP contribution in [0.3, 0.4) is 0 Å². The summed E-state index contributed by atoms with van der Waals surface area (Å²) in [6.45, 7) is 5.74. The van der Waals surface area contributed by atoms with Gasteiger partial charge in [0.15, 0.2) is 5.65 Å². The lowest BCUT2D eigenvalue weighted by Crippen LogP contribution is -2.33. The van der Waals surface area contributed by atoms with Crippen LogP contribution < -0.4 is 5.32 Å². The van der Waals surface area contributed by atoms with Gasteiger partial charge in [0.25, 0.3) is 5.91 Å². The number of pyridine rings is 1. The highest BCUT2D eigenvalue weighted by Gasteiger charge is 2.21. The summed E-state index contributed by atoms with van der Waals surface area (Å²) < 4.78 is 7.08. The zero-order chi connectivity index (χ0) is 21.3. The number of furan rings is 1. The van der Waals surface area contributed by atoms with Gasteiger partial charge in [0, 0.05) is 18.2 Å². The third kappa shape index (κ3) is 3.96. The molecule has 0 aliphatic heterocycles. The maximum Gasteiger partial charge on any atom is 0.252 e. The van der Waals surface area contributed by atoms with Crippen LogP contribution in [0.1, 0.15) is 40.9 Å². The molecule has 30 heavy (non-hydrogen) atoms. The first-order valence-corrected chi connectivity index (χ1v) is 10.3. The number of nitrogens with zero attached hydrogens (tertiary/aromatic N) is 3. The van der Waals surface area contributed by atoms with Crippen molar-refractivity contribution < 1.29 is 9.21 Å². The molecule has 0 bridgehead atoms. The van der Waals surface area contributed by atoms with E-state index in [0.717, 1.165) is 41.1 Å². The summed E-state index contributed by atoms with van der Waals surface area (Å²) in [5.41, 5.74) is 3.38. The maximum atomic E-state index is 13.1. The second kappa shape index (κ2) is 8.32. The van der Waals surface area contributed by atoms with Crippen molar-refractivity contribution >= 4 is 28.5 Å². The normalized spacial score (nSPS) is 12.3. The quantitative estimate of drug-likeness (QED) is 0.472. The van der Waals surface area contributed by atoms with Crippen LogP contribution in [-0.4, -0.2) is 26.7 Å². The number of hydrogen-bond donors (Lipinski definition) is 1. The first-order valence-electron chi connectivity index (χ1n) is 9.89. The van der Waals surface area contributed by atoms with Crippen molar-refractivity contribution in [1.82, 2.24) is 20.1 Å². The monoisotopic (exact) mass is 422 g/mol. The minimum Gasteiger partial charge on any atom is -0.469 e. The van der Waals surface area contributed by atoms with Crippen LogP contribution in [0.25, 0.3) is 16.7 Å². The van der Waals surface area contributed by atoms with E-state index in [1.165, 1.54) is 0 Å². The topological polar surface area (TPSA) is 73.0 Å². The third-order valence-corrected chi connectivity index (χ3v) is 5.37. The SMILES string of the molecule is Cc1cc(C(=O)N[C@@H](C)CCc2ccco2)c2c(C)nn(-c3ccccc3Cl)c2n1. The van der Waals surface area contributed by atoms with E-state index >= 15 is 0 Å². The zero-order valence-corrected chi connectivity index (χ0v) is 17.9. The Kier molecular flexibility index (Phi) is 5.59. The minimum absolute atomic E-state index is 0.00922. The van der Waals surface area contributed by atoms with Crippen molar-refractivity contribution in [2.24, 2.45) is 0 Å². The number of hydrogen-bond acceptors (Lipinski definition) is 4. The fourth-order valence-electron chi connectivity index (χ4n) is 3.57. The largest absolute Gasteiger partial charge is 0.469 e. The summed E-state index contributed by atoms with van der Waals surface area (Å²) in [6, 6.07) is 13.1. The molecule has 3 aromatic heterocycles. The van der Waals surface area contributed by atoms with Crippen LogP contribution in [0.4, 0.5) is 0 Å². The smallest absolute Gasteiger partial charge is 0.252 e. The van der Waals surface area contributed by atoms with E-state index in [0.29, 0.717) is 16.2 Å². The molecule has 1 atom stereocenters. The third-order valence-electron chi connectivity index (χ3n) is 5.05. The highest BCUT2D eigenvalue weighted by molar-refractivity contribution is 6.32. The fraction of sp³-hybridized carbons (Fsp3) is 0.261. The second-order valence-corrected chi connectivity index (χ2v) is 7.86. The summed E-state index contributed by atoms with van der Waals surface area (Å²) in [7, 11) is 0. The van der Waals surface area contributed by atoms with Crippen LogP contribution in [0.15, 0.2) is 53.1 Å². The maximum absolute atomic E-state index is 13.1. The van der Waals surface area contributed by atoms with Gasteiger partial charge < -0.3 is 9.73 Å². The number of halogens is 1. The number of fused-ring (bicyclic) bond motifs is 1. The Hall–Kier alpha value is -3.12. The number of amides is 1. The molecule has 154 valence electrons. The van der Waals surface area contributed by atoms with Crippen LogP contribution >= 0.6 is 11.6 Å². The van der Waals surface area contributed by atoms with E-state index in [9.17, 15) is 4.79 Å². The van der Waals surface area contributed by atoms with Crippen LogP contribution in [0.2, 0.25) is 5.02 Å². The summed E-state index contributed by atoms with van der Waals surface area (Å²) >= 11 is 6.38. The van der Waals surface area contributed by atoms with Crippen LogP contribution in [-0.2, 0) is 6.42 Å². The zero-order valence-electron chi connectivity index (χ0n) is 17.1. The Balaban J connectivity index is 1.66. The first kappa shape index (κ1) is 20.2. The van der Waals surface area contributed by atoms with E-state index < -0.39 is 0 Å². The average Bonchev–Trinajstić information content (AvgIpc) is 3.34. The van der Waals surface area contributed by atoms with Gasteiger partial charge in [-0.15, -0.1) is 0 Å². The van der Waals surface area contributed by atoms with Gasteiger partial charge in [-0.05, 0) is 57.5 Å². The van der Waals surface area contributed by atoms with Gasteiger partial charge in [-0.3, -0.25) is 4.79 Å². The molecule has 1 amide bonds. The Bertz CT molecular complexity index is 1200. The molecule has 0 spiro atoms. The number of aryl methyl sites for hydroxylation is 3. The first-order chi connectivity index (χ1) is 14.4. The van der Waals surface area contributed by atoms with E-state index in [1.54, 1.807) is 10.9 Å². The lowest BCUT2D eigenvalue weighted by atomic mass is 10.1. The molecule has 4 rings (SSSR count). The summed E-state index contributed by atoms with van der Waals surface area (Å²) in [6.07, 6.45) is 3.21. The second-order valence-electron chi connectivity index (χ2n) is 7.45. The predicted molar refractivity (Wildman–Crippen MR) is 117 cm³/mol. The summed E-state index contributed by atoms with van der Waals surface area (Å²) in [4.78, 5) is 17.8. The van der Waals surface area contributed by atoms with Gasteiger partial charge in [0.1, 0.15) is 5.76 Å². The molecule has 1 aromatic carbocycles. The molecular formula is C23H23ClN4O2. The van der Waals surface area contributed by atoms with Gasteiger partial charge in [-0.1, -0.05) is 23.7 Å². The van der Waals surface area contributed by atoms with Crippen molar-refractivity contribution in [3.63, 3.8) is 0 Å². The van der Waals surface area contributed by atoms with Gasteiger partial charge in [0.2, 0.25) is 0 Å². The number of aromatic nitrogens is 3. The van der Waals surface area contributed by atoms with Crippen LogP contribution in [0.5, 0.6) is 0 Å². The summed E-state index contributed by atoms with van der Waals surface area (Å²) in [5.74, 6) is 0.773. The number of nitrogens with one attached hydrogen (secondary N) is 1. The predicted octanol–water partition coefficient (Wildman–Crippen LogP) is 5.03. The summed E-state index contributed by atoms with van der Waals surface area (Å²) in [5, 5.41) is 9.03. The molecule has 1 N–H and O–H groups in total. The number of carbonyl (C=O) groups is 1.